The number of carbonyl (C=O) groups excluding carboxylic acids is 1. The van der Waals surface area contributed by atoms with Gasteiger partial charge in [0.05, 0.1) is 11.8 Å². The van der Waals surface area contributed by atoms with Gasteiger partial charge in [-0.25, -0.2) is 9.99 Å². The van der Waals surface area contributed by atoms with Gasteiger partial charge in [0, 0.05) is 30.8 Å². The van der Waals surface area contributed by atoms with Crippen LogP contribution in [0.25, 0.3) is 21.3 Å². The fraction of sp³-hybridized carbons (Fsp3) is 0.259. The third-order valence-electron chi connectivity index (χ3n) is 6.10. The van der Waals surface area contributed by atoms with Gasteiger partial charge in [0.2, 0.25) is 0 Å². The van der Waals surface area contributed by atoms with E-state index in [1.54, 1.807) is 7.11 Å². The molecule has 182 valence electrons. The molecule has 35 heavy (non-hydrogen) atoms. The van der Waals surface area contributed by atoms with Crippen LogP contribution in [0.5, 0.6) is 5.75 Å². The van der Waals surface area contributed by atoms with Crippen LogP contribution in [0.15, 0.2) is 66.7 Å². The molecular formula is C27H29ClN4O2S. The number of thiazole rings is 1. The van der Waals surface area contributed by atoms with Gasteiger partial charge in [-0.2, -0.15) is 0 Å². The number of nitrogens with one attached hydrogen (secondary N) is 2. The van der Waals surface area contributed by atoms with Crippen molar-refractivity contribution in [3.05, 3.63) is 77.9 Å². The number of hydrogen-bond acceptors (Lipinski definition) is 6. The van der Waals surface area contributed by atoms with Crippen molar-refractivity contribution in [3.8, 4) is 16.9 Å². The van der Waals surface area contributed by atoms with E-state index in [0.29, 0.717) is 23.0 Å². The number of carbonyl (C=O) groups is 1. The highest BCUT2D eigenvalue weighted by molar-refractivity contribution is 7.23. The Balaban J connectivity index is 0.00000289. The predicted molar refractivity (Wildman–Crippen MR) is 146 cm³/mol. The first-order chi connectivity index (χ1) is 16.7. The van der Waals surface area contributed by atoms with E-state index in [1.165, 1.54) is 30.6 Å². The normalized spacial score (nSPS) is 14.2. The lowest BCUT2D eigenvalue weighted by Gasteiger charge is -2.22. The number of nitrogens with zero attached hydrogens (tertiary/aromatic N) is 2. The molecule has 0 aliphatic carbocycles. The molecule has 1 amide bonds. The molecule has 2 N–H and O–H groups in total. The molecule has 1 saturated heterocycles. The number of hydrogen-bond donors (Lipinski definition) is 2. The van der Waals surface area contributed by atoms with Crippen molar-refractivity contribution in [3.63, 3.8) is 0 Å². The van der Waals surface area contributed by atoms with Crippen molar-refractivity contribution in [1.82, 2.24) is 15.4 Å². The van der Waals surface area contributed by atoms with Crippen molar-refractivity contribution >= 4 is 45.0 Å². The van der Waals surface area contributed by atoms with Crippen molar-refractivity contribution in [2.45, 2.75) is 25.8 Å². The Morgan fingerprint density at radius 3 is 2.69 bits per heavy atom. The molecule has 0 atom stereocenters. The van der Waals surface area contributed by atoms with Crippen LogP contribution in [0, 0.1) is 0 Å². The standard InChI is InChI=1S/C27H28N4O2S.ClH/c1-33-23-15-14-21(19-10-4-2-5-11-19)25-24(23)29-27(34-25)30-26(32)22-13-7-6-12-20(22)18-31-17-9-3-8-16-28-31;/h2,4-7,10-15,28H,3,8-9,16-18H2,1H3,(H,29,30,32);1H. The summed E-state index contributed by atoms with van der Waals surface area (Å²) in [6, 6.07) is 22.0. The fourth-order valence-corrected chi connectivity index (χ4v) is 5.36. The number of halogens is 1. The van der Waals surface area contributed by atoms with Crippen LogP contribution in [0.1, 0.15) is 35.2 Å². The zero-order chi connectivity index (χ0) is 23.3. The summed E-state index contributed by atoms with van der Waals surface area (Å²) in [6.45, 7) is 2.65. The monoisotopic (exact) mass is 508 g/mol. The average Bonchev–Trinajstić information content (AvgIpc) is 3.12. The van der Waals surface area contributed by atoms with E-state index in [1.807, 2.05) is 54.6 Å². The van der Waals surface area contributed by atoms with Crippen LogP contribution in [0.3, 0.4) is 0 Å². The molecule has 1 aliphatic rings. The minimum absolute atomic E-state index is 0. The number of benzene rings is 3. The summed E-state index contributed by atoms with van der Waals surface area (Å²) in [4.78, 5) is 18.0. The van der Waals surface area contributed by atoms with Gasteiger partial charge in [0.15, 0.2) is 5.13 Å². The first kappa shape index (κ1) is 25.1. The molecule has 3 aromatic carbocycles. The maximum Gasteiger partial charge on any atom is 0.257 e. The Labute approximate surface area is 215 Å². The SMILES string of the molecule is COc1ccc(-c2ccccc2)c2sc(NC(=O)c3ccccc3CN3CCCCCN3)nc12.Cl. The van der Waals surface area contributed by atoms with Crippen molar-refractivity contribution < 1.29 is 9.53 Å². The van der Waals surface area contributed by atoms with E-state index in [9.17, 15) is 4.79 Å². The summed E-state index contributed by atoms with van der Waals surface area (Å²) in [6.07, 6.45) is 3.58. The van der Waals surface area contributed by atoms with E-state index in [4.69, 9.17) is 9.72 Å². The fourth-order valence-electron chi connectivity index (χ4n) is 4.35. The van der Waals surface area contributed by atoms with Gasteiger partial charge in [-0.3, -0.25) is 15.5 Å². The minimum atomic E-state index is -0.148. The van der Waals surface area contributed by atoms with Crippen LogP contribution in [-0.4, -0.2) is 36.1 Å². The maximum absolute atomic E-state index is 13.3. The van der Waals surface area contributed by atoms with Gasteiger partial charge < -0.3 is 4.74 Å². The lowest BCUT2D eigenvalue weighted by Crippen LogP contribution is -2.37. The molecule has 0 bridgehead atoms. The van der Waals surface area contributed by atoms with Gasteiger partial charge in [0.1, 0.15) is 11.3 Å². The van der Waals surface area contributed by atoms with Crippen LogP contribution in [-0.2, 0) is 6.54 Å². The number of fused-ring (bicyclic) bond motifs is 1. The summed E-state index contributed by atoms with van der Waals surface area (Å²) in [5, 5.41) is 5.82. The molecule has 0 saturated carbocycles. The van der Waals surface area contributed by atoms with Crippen molar-refractivity contribution in [1.29, 1.82) is 0 Å². The van der Waals surface area contributed by atoms with Crippen molar-refractivity contribution in [2.75, 3.05) is 25.5 Å². The second-order valence-electron chi connectivity index (χ2n) is 8.38. The predicted octanol–water partition coefficient (Wildman–Crippen LogP) is 6.14. The highest BCUT2D eigenvalue weighted by Crippen LogP contribution is 2.39. The molecule has 8 heteroatoms. The van der Waals surface area contributed by atoms with E-state index < -0.39 is 0 Å². The summed E-state index contributed by atoms with van der Waals surface area (Å²) >= 11 is 1.47. The number of anilines is 1. The lowest BCUT2D eigenvalue weighted by molar-refractivity contribution is 0.102. The Kier molecular flexibility index (Phi) is 8.36. The van der Waals surface area contributed by atoms with E-state index in [-0.39, 0.29) is 18.3 Å². The third kappa shape index (κ3) is 5.65. The molecule has 0 radical (unpaired) electrons. The van der Waals surface area contributed by atoms with Crippen LogP contribution in [0.4, 0.5) is 5.13 Å². The number of aromatic nitrogens is 1. The molecule has 0 spiro atoms. The second-order valence-corrected chi connectivity index (χ2v) is 9.38. The molecule has 4 aromatic rings. The summed E-state index contributed by atoms with van der Waals surface area (Å²) in [5.74, 6) is 0.545. The Bertz CT molecular complexity index is 1290. The topological polar surface area (TPSA) is 66.5 Å². The van der Waals surface area contributed by atoms with Gasteiger partial charge in [-0.1, -0.05) is 66.3 Å². The number of hydrazine groups is 1. The van der Waals surface area contributed by atoms with E-state index in [2.05, 4.69) is 27.9 Å². The van der Waals surface area contributed by atoms with Crippen LogP contribution >= 0.6 is 23.7 Å². The van der Waals surface area contributed by atoms with Crippen LogP contribution < -0.4 is 15.5 Å². The van der Waals surface area contributed by atoms with Gasteiger partial charge in [0.25, 0.3) is 5.91 Å². The molecule has 6 nitrogen and oxygen atoms in total. The molecule has 5 rings (SSSR count). The molecule has 2 heterocycles. The third-order valence-corrected chi connectivity index (χ3v) is 7.10. The Morgan fingerprint density at radius 1 is 1.06 bits per heavy atom. The molecular weight excluding hydrogens is 480 g/mol. The highest BCUT2D eigenvalue weighted by atomic mass is 35.5. The lowest BCUT2D eigenvalue weighted by atomic mass is 10.1. The first-order valence-electron chi connectivity index (χ1n) is 11.6. The van der Waals surface area contributed by atoms with Gasteiger partial charge >= 0.3 is 0 Å². The molecule has 1 fully saturated rings. The van der Waals surface area contributed by atoms with Gasteiger partial charge in [-0.05, 0) is 42.2 Å². The highest BCUT2D eigenvalue weighted by Gasteiger charge is 2.19. The smallest absolute Gasteiger partial charge is 0.257 e. The van der Waals surface area contributed by atoms with Crippen molar-refractivity contribution in [2.24, 2.45) is 0 Å². The van der Waals surface area contributed by atoms with Gasteiger partial charge in [-0.15, -0.1) is 12.4 Å². The maximum atomic E-state index is 13.3. The van der Waals surface area contributed by atoms with E-state index in [0.717, 1.165) is 40.0 Å². The summed E-state index contributed by atoms with van der Waals surface area (Å²) in [7, 11) is 1.64. The minimum Gasteiger partial charge on any atom is -0.494 e. The number of amides is 1. The Morgan fingerprint density at radius 2 is 1.86 bits per heavy atom. The largest absolute Gasteiger partial charge is 0.494 e. The first-order valence-corrected chi connectivity index (χ1v) is 12.5. The Hall–Kier alpha value is -2.97. The van der Waals surface area contributed by atoms with Crippen LogP contribution in [0.2, 0.25) is 0 Å². The zero-order valence-corrected chi connectivity index (χ0v) is 21.3. The zero-order valence-electron chi connectivity index (χ0n) is 19.6. The molecule has 1 aliphatic heterocycles. The summed E-state index contributed by atoms with van der Waals surface area (Å²) < 4.78 is 6.54. The quantitative estimate of drug-likeness (QED) is 0.327. The van der Waals surface area contributed by atoms with E-state index >= 15 is 0 Å². The second kappa shape index (κ2) is 11.6. The average molecular weight is 509 g/mol. The number of ether oxygens (including phenoxy) is 1. The molecule has 0 unspecified atom stereocenters. The number of methoxy groups -OCH3 is 1. The summed E-state index contributed by atoms with van der Waals surface area (Å²) in [5.41, 5.74) is 8.07. The molecule has 1 aromatic heterocycles. The number of rotatable bonds is 6.